The highest BCUT2D eigenvalue weighted by molar-refractivity contribution is 6.30. The summed E-state index contributed by atoms with van der Waals surface area (Å²) in [6.45, 7) is 0. The molecule has 0 saturated carbocycles. The molecule has 0 radical (unpaired) electrons. The van der Waals surface area contributed by atoms with Gasteiger partial charge in [0.05, 0.1) is 5.69 Å². The predicted molar refractivity (Wildman–Crippen MR) is 78.1 cm³/mol. The maximum absolute atomic E-state index is 5.95. The second-order valence-electron chi connectivity index (χ2n) is 4.12. The first-order valence-corrected chi connectivity index (χ1v) is 6.19. The number of furan rings is 1. The highest BCUT2D eigenvalue weighted by Gasteiger charge is 2.06. The molecule has 0 spiro atoms. The summed E-state index contributed by atoms with van der Waals surface area (Å²) in [6.07, 6.45) is 0. The van der Waals surface area contributed by atoms with E-state index in [0.717, 1.165) is 16.7 Å². The van der Waals surface area contributed by atoms with Crippen LogP contribution in [0.5, 0.6) is 0 Å². The SMILES string of the molecule is NC(=Nc1ccc(Cl)cc1)c1cc2ccccc2o1. The molecule has 3 aromatic rings. The highest BCUT2D eigenvalue weighted by atomic mass is 35.5. The number of nitrogens with two attached hydrogens (primary N) is 1. The molecule has 2 aromatic carbocycles. The van der Waals surface area contributed by atoms with Crippen molar-refractivity contribution in [2.24, 2.45) is 10.7 Å². The molecule has 3 rings (SSSR count). The summed E-state index contributed by atoms with van der Waals surface area (Å²) in [5.41, 5.74) is 7.49. The average Bonchev–Trinajstić information content (AvgIpc) is 2.85. The number of nitrogens with zero attached hydrogens (tertiary/aromatic N) is 1. The average molecular weight is 271 g/mol. The van der Waals surface area contributed by atoms with Crippen molar-refractivity contribution < 1.29 is 4.42 Å². The van der Waals surface area contributed by atoms with E-state index < -0.39 is 0 Å². The summed E-state index contributed by atoms with van der Waals surface area (Å²) in [4.78, 5) is 4.31. The minimum absolute atomic E-state index is 0.346. The third-order valence-corrected chi connectivity index (χ3v) is 3.01. The van der Waals surface area contributed by atoms with Crippen LogP contribution in [0.15, 0.2) is 64.0 Å². The van der Waals surface area contributed by atoms with Gasteiger partial charge in [-0.25, -0.2) is 4.99 Å². The summed E-state index contributed by atoms with van der Waals surface area (Å²) in [5.74, 6) is 0.912. The van der Waals surface area contributed by atoms with E-state index in [-0.39, 0.29) is 0 Å². The smallest absolute Gasteiger partial charge is 0.170 e. The Morgan fingerprint density at radius 2 is 1.79 bits per heavy atom. The molecule has 0 fully saturated rings. The third-order valence-electron chi connectivity index (χ3n) is 2.75. The van der Waals surface area contributed by atoms with Crippen molar-refractivity contribution in [2.75, 3.05) is 0 Å². The number of benzene rings is 2. The predicted octanol–water partition coefficient (Wildman–Crippen LogP) is 4.12. The quantitative estimate of drug-likeness (QED) is 0.562. The lowest BCUT2D eigenvalue weighted by molar-refractivity contribution is 0.604. The van der Waals surface area contributed by atoms with E-state index in [1.54, 1.807) is 24.3 Å². The van der Waals surface area contributed by atoms with E-state index in [0.29, 0.717) is 16.6 Å². The molecule has 0 amide bonds. The van der Waals surface area contributed by atoms with Crippen LogP contribution in [0.1, 0.15) is 5.76 Å². The number of aliphatic imine (C=N–C) groups is 1. The van der Waals surface area contributed by atoms with Gasteiger partial charge in [0.15, 0.2) is 11.6 Å². The van der Waals surface area contributed by atoms with Crippen molar-refractivity contribution in [3.05, 3.63) is 65.4 Å². The van der Waals surface area contributed by atoms with Crippen LogP contribution in [0, 0.1) is 0 Å². The number of halogens is 1. The van der Waals surface area contributed by atoms with Gasteiger partial charge < -0.3 is 10.2 Å². The van der Waals surface area contributed by atoms with Gasteiger partial charge in [-0.1, -0.05) is 29.8 Å². The van der Waals surface area contributed by atoms with Crippen molar-refractivity contribution in [3.63, 3.8) is 0 Å². The molecule has 0 unspecified atom stereocenters. The number of amidine groups is 1. The van der Waals surface area contributed by atoms with Gasteiger partial charge in [0.1, 0.15) is 5.58 Å². The van der Waals surface area contributed by atoms with Gasteiger partial charge in [0.25, 0.3) is 0 Å². The number of fused-ring (bicyclic) bond motifs is 1. The van der Waals surface area contributed by atoms with E-state index in [4.69, 9.17) is 21.8 Å². The number of rotatable bonds is 2. The first-order chi connectivity index (χ1) is 9.22. The summed E-state index contributed by atoms with van der Waals surface area (Å²) in [5, 5.41) is 1.67. The molecule has 0 atom stereocenters. The molecule has 3 nitrogen and oxygen atoms in total. The number of para-hydroxylation sites is 1. The molecule has 0 saturated heterocycles. The summed E-state index contributed by atoms with van der Waals surface area (Å²) >= 11 is 5.82. The number of hydrogen-bond donors (Lipinski definition) is 1. The van der Waals surface area contributed by atoms with Crippen LogP contribution < -0.4 is 5.73 Å². The Labute approximate surface area is 115 Å². The maximum Gasteiger partial charge on any atom is 0.170 e. The van der Waals surface area contributed by atoms with Crippen LogP contribution in [-0.4, -0.2) is 5.84 Å². The molecular weight excluding hydrogens is 260 g/mol. The van der Waals surface area contributed by atoms with Gasteiger partial charge >= 0.3 is 0 Å². The van der Waals surface area contributed by atoms with Crippen molar-refractivity contribution in [1.29, 1.82) is 0 Å². The standard InChI is InChI=1S/C15H11ClN2O/c16-11-5-7-12(8-6-11)18-15(17)14-9-10-3-1-2-4-13(10)19-14/h1-9H,(H2,17,18). The molecule has 1 heterocycles. The molecule has 19 heavy (non-hydrogen) atoms. The number of hydrogen-bond acceptors (Lipinski definition) is 2. The Morgan fingerprint density at radius 1 is 1.05 bits per heavy atom. The lowest BCUT2D eigenvalue weighted by atomic mass is 10.2. The van der Waals surface area contributed by atoms with E-state index >= 15 is 0 Å². The van der Waals surface area contributed by atoms with Gasteiger partial charge in [-0.15, -0.1) is 0 Å². The Kier molecular flexibility index (Phi) is 2.97. The first kappa shape index (κ1) is 11.8. The topological polar surface area (TPSA) is 51.5 Å². The second kappa shape index (κ2) is 4.78. The molecule has 0 bridgehead atoms. The van der Waals surface area contributed by atoms with E-state index in [1.807, 2.05) is 30.3 Å². The van der Waals surface area contributed by atoms with E-state index in [9.17, 15) is 0 Å². The van der Waals surface area contributed by atoms with Crippen LogP contribution in [0.3, 0.4) is 0 Å². The summed E-state index contributed by atoms with van der Waals surface area (Å²) in [7, 11) is 0. The van der Waals surface area contributed by atoms with Gasteiger partial charge in [-0.05, 0) is 36.4 Å². The molecule has 4 heteroatoms. The maximum atomic E-state index is 5.95. The first-order valence-electron chi connectivity index (χ1n) is 5.81. The van der Waals surface area contributed by atoms with Gasteiger partial charge in [-0.3, -0.25) is 0 Å². The fourth-order valence-corrected chi connectivity index (χ4v) is 1.94. The molecule has 0 aliphatic carbocycles. The molecule has 94 valence electrons. The fraction of sp³-hybridized carbons (Fsp3) is 0. The van der Waals surface area contributed by atoms with Crippen LogP contribution in [-0.2, 0) is 0 Å². The Morgan fingerprint density at radius 3 is 2.53 bits per heavy atom. The lowest BCUT2D eigenvalue weighted by Gasteiger charge is -1.97. The van der Waals surface area contributed by atoms with Crippen molar-refractivity contribution >= 4 is 34.1 Å². The Hall–Kier alpha value is -2.26. The molecule has 2 N–H and O–H groups in total. The Balaban J connectivity index is 1.98. The zero-order valence-electron chi connectivity index (χ0n) is 10.0. The summed E-state index contributed by atoms with van der Waals surface area (Å²) in [6, 6.07) is 16.8. The zero-order chi connectivity index (χ0) is 13.2. The zero-order valence-corrected chi connectivity index (χ0v) is 10.8. The highest BCUT2D eigenvalue weighted by Crippen LogP contribution is 2.21. The van der Waals surface area contributed by atoms with Crippen molar-refractivity contribution in [2.45, 2.75) is 0 Å². The normalized spacial score (nSPS) is 11.9. The van der Waals surface area contributed by atoms with Crippen molar-refractivity contribution in [1.82, 2.24) is 0 Å². The van der Waals surface area contributed by atoms with E-state index in [2.05, 4.69) is 4.99 Å². The van der Waals surface area contributed by atoms with E-state index in [1.165, 1.54) is 0 Å². The molecular formula is C15H11ClN2O. The second-order valence-corrected chi connectivity index (χ2v) is 4.56. The minimum atomic E-state index is 0.346. The lowest BCUT2D eigenvalue weighted by Crippen LogP contribution is -2.11. The van der Waals surface area contributed by atoms with Gasteiger partial charge in [0, 0.05) is 10.4 Å². The van der Waals surface area contributed by atoms with Crippen molar-refractivity contribution in [3.8, 4) is 0 Å². The largest absolute Gasteiger partial charge is 0.453 e. The van der Waals surface area contributed by atoms with Crippen LogP contribution in [0.25, 0.3) is 11.0 Å². The van der Waals surface area contributed by atoms with Crippen LogP contribution >= 0.6 is 11.6 Å². The van der Waals surface area contributed by atoms with Crippen LogP contribution in [0.2, 0.25) is 5.02 Å². The third kappa shape index (κ3) is 2.46. The summed E-state index contributed by atoms with van der Waals surface area (Å²) < 4.78 is 5.64. The monoisotopic (exact) mass is 270 g/mol. The Bertz CT molecular complexity index is 711. The molecule has 0 aliphatic rings. The molecule has 1 aromatic heterocycles. The fourth-order valence-electron chi connectivity index (χ4n) is 1.82. The van der Waals surface area contributed by atoms with Gasteiger partial charge in [0.2, 0.25) is 0 Å². The molecule has 0 aliphatic heterocycles. The van der Waals surface area contributed by atoms with Crippen LogP contribution in [0.4, 0.5) is 5.69 Å². The van der Waals surface area contributed by atoms with Gasteiger partial charge in [-0.2, -0.15) is 0 Å². The minimum Gasteiger partial charge on any atom is -0.453 e.